The van der Waals surface area contributed by atoms with Gasteiger partial charge in [0.1, 0.15) is 10.6 Å². The average molecular weight is 403 g/mol. The number of carbonyl (C=O) groups is 1. The van der Waals surface area contributed by atoms with Gasteiger partial charge in [-0.3, -0.25) is 4.79 Å². The van der Waals surface area contributed by atoms with Crippen LogP contribution in [0.1, 0.15) is 57.4 Å². The Bertz CT molecular complexity index is 795. The number of hydrogen-bond donors (Lipinski definition) is 2. The van der Waals surface area contributed by atoms with Crippen LogP contribution in [0.3, 0.4) is 0 Å². The molecule has 1 atom stereocenters. The van der Waals surface area contributed by atoms with Gasteiger partial charge in [0.25, 0.3) is 0 Å². The predicted octanol–water partition coefficient (Wildman–Crippen LogP) is 4.75. The van der Waals surface area contributed by atoms with Crippen LogP contribution in [0.4, 0.5) is 5.69 Å². The zero-order valence-electron chi connectivity index (χ0n) is 16.7. The number of carbonyl (C=O) groups excluding carboxylic acids is 1. The fourth-order valence-corrected chi connectivity index (χ4v) is 4.87. The second-order valence-electron chi connectivity index (χ2n) is 7.87. The van der Waals surface area contributed by atoms with Gasteiger partial charge in [0.15, 0.2) is 0 Å². The van der Waals surface area contributed by atoms with Crippen LogP contribution >= 0.6 is 11.3 Å². The monoisotopic (exact) mass is 402 g/mol. The summed E-state index contributed by atoms with van der Waals surface area (Å²) in [6.45, 7) is 4.44. The Balaban J connectivity index is 1.62. The zero-order chi connectivity index (χ0) is 20.1. The number of unbranched alkanes of at least 4 members (excludes halogenated alkanes) is 1. The number of anilines is 1. The van der Waals surface area contributed by atoms with E-state index in [1.165, 1.54) is 11.3 Å². The Labute approximate surface area is 170 Å². The standard InChI is InChI=1S/C22H30N2O3S/c1-3-4-12-27-20(25)15-8-10-17(11-9-15)22(2,26)21-24-14-19(28-21)16-6-5-7-18(23)13-16/h5-7,13-15,17,26H,3-4,8-12,23H2,1-2H3. The first kappa shape index (κ1) is 20.8. The number of hydrogen-bond acceptors (Lipinski definition) is 6. The highest BCUT2D eigenvalue weighted by Gasteiger charge is 2.40. The van der Waals surface area contributed by atoms with Gasteiger partial charge in [0, 0.05) is 11.9 Å². The summed E-state index contributed by atoms with van der Waals surface area (Å²) in [5.41, 5.74) is 6.60. The van der Waals surface area contributed by atoms with E-state index in [0.717, 1.165) is 54.0 Å². The highest BCUT2D eigenvalue weighted by Crippen LogP contribution is 2.43. The van der Waals surface area contributed by atoms with Gasteiger partial charge in [0.05, 0.1) is 17.4 Å². The number of ether oxygens (including phenoxy) is 1. The van der Waals surface area contributed by atoms with E-state index in [0.29, 0.717) is 12.3 Å². The predicted molar refractivity (Wildman–Crippen MR) is 113 cm³/mol. The van der Waals surface area contributed by atoms with Gasteiger partial charge in [0.2, 0.25) is 0 Å². The van der Waals surface area contributed by atoms with E-state index >= 15 is 0 Å². The normalized spacial score (nSPS) is 21.8. The largest absolute Gasteiger partial charge is 0.465 e. The molecule has 1 aliphatic rings. The smallest absolute Gasteiger partial charge is 0.308 e. The Morgan fingerprint density at radius 3 is 2.79 bits per heavy atom. The highest BCUT2D eigenvalue weighted by molar-refractivity contribution is 7.15. The van der Waals surface area contributed by atoms with Crippen LogP contribution < -0.4 is 5.73 Å². The van der Waals surface area contributed by atoms with Crippen molar-refractivity contribution < 1.29 is 14.6 Å². The van der Waals surface area contributed by atoms with Gasteiger partial charge >= 0.3 is 5.97 Å². The topological polar surface area (TPSA) is 85.4 Å². The van der Waals surface area contributed by atoms with E-state index in [-0.39, 0.29) is 17.8 Å². The van der Waals surface area contributed by atoms with Crippen molar-refractivity contribution in [1.82, 2.24) is 4.98 Å². The second-order valence-corrected chi connectivity index (χ2v) is 8.90. The second kappa shape index (κ2) is 9.05. The van der Waals surface area contributed by atoms with Gasteiger partial charge in [-0.15, -0.1) is 11.3 Å². The Morgan fingerprint density at radius 2 is 2.11 bits per heavy atom. The highest BCUT2D eigenvalue weighted by atomic mass is 32.1. The summed E-state index contributed by atoms with van der Waals surface area (Å²) in [5, 5.41) is 12.0. The summed E-state index contributed by atoms with van der Waals surface area (Å²) < 4.78 is 5.37. The molecule has 3 rings (SSSR count). The van der Waals surface area contributed by atoms with Crippen molar-refractivity contribution >= 4 is 23.0 Å². The van der Waals surface area contributed by atoms with Crippen molar-refractivity contribution in [2.45, 2.75) is 58.0 Å². The maximum Gasteiger partial charge on any atom is 0.308 e. The van der Waals surface area contributed by atoms with Crippen LogP contribution in [-0.4, -0.2) is 22.7 Å². The average Bonchev–Trinajstić information content (AvgIpc) is 3.19. The molecule has 1 heterocycles. The number of rotatable bonds is 7. The first-order valence-electron chi connectivity index (χ1n) is 10.1. The molecule has 1 aromatic carbocycles. The zero-order valence-corrected chi connectivity index (χ0v) is 17.5. The van der Waals surface area contributed by atoms with Crippen molar-refractivity contribution in [2.24, 2.45) is 11.8 Å². The molecule has 152 valence electrons. The Morgan fingerprint density at radius 1 is 1.36 bits per heavy atom. The van der Waals surface area contributed by atoms with Crippen molar-refractivity contribution in [3.63, 3.8) is 0 Å². The van der Waals surface area contributed by atoms with Crippen LogP contribution in [0.5, 0.6) is 0 Å². The number of nitrogen functional groups attached to an aromatic ring is 1. The lowest BCUT2D eigenvalue weighted by molar-refractivity contribution is -0.151. The minimum absolute atomic E-state index is 0.0388. The number of esters is 1. The number of aromatic nitrogens is 1. The van der Waals surface area contributed by atoms with Crippen LogP contribution in [0.25, 0.3) is 10.4 Å². The first-order valence-corrected chi connectivity index (χ1v) is 10.9. The van der Waals surface area contributed by atoms with Crippen LogP contribution in [0, 0.1) is 11.8 Å². The molecule has 1 unspecified atom stereocenters. The number of thiazole rings is 1. The minimum Gasteiger partial charge on any atom is -0.465 e. The van der Waals surface area contributed by atoms with Gasteiger partial charge in [-0.2, -0.15) is 0 Å². The molecule has 0 radical (unpaired) electrons. The van der Waals surface area contributed by atoms with Crippen LogP contribution in [-0.2, 0) is 15.1 Å². The van der Waals surface area contributed by atoms with Crippen LogP contribution in [0.15, 0.2) is 30.5 Å². The van der Waals surface area contributed by atoms with Crippen molar-refractivity contribution in [1.29, 1.82) is 0 Å². The summed E-state index contributed by atoms with van der Waals surface area (Å²) in [6.07, 6.45) is 6.86. The molecule has 0 spiro atoms. The fraction of sp³-hybridized carbons (Fsp3) is 0.545. The molecule has 0 amide bonds. The van der Waals surface area contributed by atoms with Gasteiger partial charge in [-0.1, -0.05) is 25.5 Å². The van der Waals surface area contributed by atoms with Gasteiger partial charge < -0.3 is 15.6 Å². The molecular weight excluding hydrogens is 372 g/mol. The lowest BCUT2D eigenvalue weighted by Gasteiger charge is -2.36. The van der Waals surface area contributed by atoms with E-state index in [1.54, 1.807) is 6.20 Å². The molecule has 2 aromatic rings. The maximum atomic E-state index is 12.2. The number of nitrogens with two attached hydrogens (primary N) is 1. The summed E-state index contributed by atoms with van der Waals surface area (Å²) >= 11 is 1.51. The molecule has 0 bridgehead atoms. The molecule has 6 heteroatoms. The minimum atomic E-state index is -1.000. The third kappa shape index (κ3) is 4.73. The van der Waals surface area contributed by atoms with E-state index < -0.39 is 5.60 Å². The quantitative estimate of drug-likeness (QED) is 0.396. The summed E-state index contributed by atoms with van der Waals surface area (Å²) in [7, 11) is 0. The van der Waals surface area contributed by atoms with E-state index in [4.69, 9.17) is 10.5 Å². The number of nitrogens with zero attached hydrogens (tertiary/aromatic N) is 1. The van der Waals surface area contributed by atoms with E-state index in [1.807, 2.05) is 31.2 Å². The molecule has 3 N–H and O–H groups in total. The third-order valence-electron chi connectivity index (χ3n) is 5.71. The lowest BCUT2D eigenvalue weighted by atomic mass is 9.74. The summed E-state index contributed by atoms with van der Waals surface area (Å²) in [4.78, 5) is 17.7. The first-order chi connectivity index (χ1) is 13.4. The SMILES string of the molecule is CCCCOC(=O)C1CCC(C(C)(O)c2ncc(-c3cccc(N)c3)s2)CC1. The third-order valence-corrected chi connectivity index (χ3v) is 6.98. The Kier molecular flexibility index (Phi) is 6.73. The van der Waals surface area contributed by atoms with Crippen LogP contribution in [0.2, 0.25) is 0 Å². The fourth-order valence-electron chi connectivity index (χ4n) is 3.83. The summed E-state index contributed by atoms with van der Waals surface area (Å²) in [6, 6.07) is 7.69. The maximum absolute atomic E-state index is 12.2. The molecule has 1 aromatic heterocycles. The van der Waals surface area contributed by atoms with Gasteiger partial charge in [-0.25, -0.2) is 4.98 Å². The molecule has 1 aliphatic carbocycles. The molecular formula is C22H30N2O3S. The van der Waals surface area contributed by atoms with Crippen molar-refractivity contribution in [2.75, 3.05) is 12.3 Å². The molecule has 1 saturated carbocycles. The Hall–Kier alpha value is -1.92. The van der Waals surface area contributed by atoms with Crippen molar-refractivity contribution in [3.05, 3.63) is 35.5 Å². The van der Waals surface area contributed by atoms with E-state index in [9.17, 15) is 9.90 Å². The molecule has 5 nitrogen and oxygen atoms in total. The van der Waals surface area contributed by atoms with Crippen molar-refractivity contribution in [3.8, 4) is 10.4 Å². The lowest BCUT2D eigenvalue weighted by Crippen LogP contribution is -2.36. The molecule has 0 saturated heterocycles. The number of benzene rings is 1. The number of aliphatic hydroxyl groups is 1. The molecule has 1 fully saturated rings. The summed E-state index contributed by atoms with van der Waals surface area (Å²) in [5.74, 6) is -0.0279. The van der Waals surface area contributed by atoms with E-state index in [2.05, 4.69) is 11.9 Å². The molecule has 28 heavy (non-hydrogen) atoms. The van der Waals surface area contributed by atoms with Gasteiger partial charge in [-0.05, 0) is 62.6 Å². The molecule has 0 aliphatic heterocycles.